The Morgan fingerprint density at radius 1 is 1.22 bits per heavy atom. The zero-order chi connectivity index (χ0) is 19.3. The number of carbonyl (C=O) groups is 1. The van der Waals surface area contributed by atoms with Crippen LogP contribution >= 0.6 is 0 Å². The van der Waals surface area contributed by atoms with E-state index in [1.54, 1.807) is 12.1 Å². The highest BCUT2D eigenvalue weighted by atomic mass is 32.2. The molecule has 3 rings (SSSR count). The normalized spacial score (nSPS) is 19.4. The maximum Gasteiger partial charge on any atom is 0.240 e. The van der Waals surface area contributed by atoms with Crippen LogP contribution in [0.25, 0.3) is 0 Å². The second kappa shape index (κ2) is 8.58. The van der Waals surface area contributed by atoms with Crippen LogP contribution in [0.5, 0.6) is 5.75 Å². The number of benzene rings is 1. The van der Waals surface area contributed by atoms with Crippen molar-refractivity contribution < 1.29 is 17.9 Å². The number of amides is 1. The van der Waals surface area contributed by atoms with E-state index in [4.69, 9.17) is 4.74 Å². The summed E-state index contributed by atoms with van der Waals surface area (Å²) in [7, 11) is -3.62. The van der Waals surface area contributed by atoms with E-state index in [0.717, 1.165) is 39.0 Å². The Labute approximate surface area is 161 Å². The fraction of sp³-hybridized carbons (Fsp3) is 0.632. The summed E-state index contributed by atoms with van der Waals surface area (Å²) in [6.45, 7) is 6.17. The summed E-state index contributed by atoms with van der Waals surface area (Å²) in [6.07, 6.45) is 3.44. The van der Waals surface area contributed by atoms with Crippen LogP contribution in [0.3, 0.4) is 0 Å². The van der Waals surface area contributed by atoms with Crippen LogP contribution in [0.15, 0.2) is 29.2 Å². The lowest BCUT2D eigenvalue weighted by atomic mass is 9.78. The van der Waals surface area contributed by atoms with Crippen molar-refractivity contribution in [3.63, 3.8) is 0 Å². The molecular formula is C19H29N3O4S. The number of likely N-dealkylation sites (tertiary alicyclic amines) is 1. The lowest BCUT2D eigenvalue weighted by molar-refractivity contribution is -0.133. The van der Waals surface area contributed by atoms with Crippen molar-refractivity contribution in [2.75, 3.05) is 39.3 Å². The van der Waals surface area contributed by atoms with Crippen molar-refractivity contribution >= 4 is 15.9 Å². The molecule has 0 saturated carbocycles. The molecule has 2 aliphatic heterocycles. The number of hydrogen-bond acceptors (Lipinski definition) is 5. The number of rotatable bonds is 7. The van der Waals surface area contributed by atoms with Gasteiger partial charge in [-0.15, -0.1) is 0 Å². The molecule has 2 aliphatic rings. The summed E-state index contributed by atoms with van der Waals surface area (Å²) in [4.78, 5) is 14.4. The van der Waals surface area contributed by atoms with E-state index in [-0.39, 0.29) is 23.8 Å². The van der Waals surface area contributed by atoms with Crippen molar-refractivity contribution in [3.8, 4) is 5.75 Å². The molecule has 150 valence electrons. The number of sulfonamides is 1. The van der Waals surface area contributed by atoms with Crippen LogP contribution in [0.1, 0.15) is 32.6 Å². The highest BCUT2D eigenvalue weighted by Crippen LogP contribution is 2.36. The predicted octanol–water partition coefficient (Wildman–Crippen LogP) is 1.36. The van der Waals surface area contributed by atoms with Gasteiger partial charge in [0.1, 0.15) is 5.75 Å². The summed E-state index contributed by atoms with van der Waals surface area (Å²) < 4.78 is 32.5. The molecule has 1 aromatic carbocycles. The molecule has 0 aliphatic carbocycles. The van der Waals surface area contributed by atoms with Gasteiger partial charge in [0.25, 0.3) is 0 Å². The molecule has 0 bridgehead atoms. The van der Waals surface area contributed by atoms with Gasteiger partial charge in [0, 0.05) is 32.6 Å². The van der Waals surface area contributed by atoms with E-state index in [2.05, 4.69) is 10.0 Å². The second-order valence-corrected chi connectivity index (χ2v) is 9.13. The van der Waals surface area contributed by atoms with Gasteiger partial charge < -0.3 is 15.0 Å². The molecule has 27 heavy (non-hydrogen) atoms. The first-order valence-corrected chi connectivity index (χ1v) is 11.1. The molecule has 2 heterocycles. The standard InChI is InChI=1S/C19H29N3O4S/c1-2-26-16-3-5-17(6-4-16)27(24,25)21-11-7-18(23)22-13-9-19(10-14-22)8-12-20-15-19/h3-6,20-21H,2,7-15H2,1H3. The number of piperidine rings is 1. The van der Waals surface area contributed by atoms with Crippen molar-refractivity contribution in [3.05, 3.63) is 24.3 Å². The van der Waals surface area contributed by atoms with Crippen LogP contribution < -0.4 is 14.8 Å². The van der Waals surface area contributed by atoms with E-state index in [0.29, 0.717) is 17.8 Å². The molecule has 2 fully saturated rings. The molecular weight excluding hydrogens is 366 g/mol. The van der Waals surface area contributed by atoms with Gasteiger partial charge in [0.2, 0.25) is 15.9 Å². The molecule has 0 atom stereocenters. The van der Waals surface area contributed by atoms with Gasteiger partial charge in [-0.3, -0.25) is 4.79 Å². The fourth-order valence-electron chi connectivity index (χ4n) is 3.87. The average molecular weight is 396 g/mol. The number of ether oxygens (including phenoxy) is 1. The van der Waals surface area contributed by atoms with Crippen LogP contribution in [0.2, 0.25) is 0 Å². The first-order chi connectivity index (χ1) is 12.9. The third kappa shape index (κ3) is 5.00. The highest BCUT2D eigenvalue weighted by molar-refractivity contribution is 7.89. The largest absolute Gasteiger partial charge is 0.494 e. The van der Waals surface area contributed by atoms with Gasteiger partial charge in [0.05, 0.1) is 11.5 Å². The van der Waals surface area contributed by atoms with E-state index in [1.807, 2.05) is 11.8 Å². The first kappa shape index (κ1) is 20.1. The van der Waals surface area contributed by atoms with Crippen LogP contribution in [-0.4, -0.2) is 58.6 Å². The smallest absolute Gasteiger partial charge is 0.240 e. The quantitative estimate of drug-likeness (QED) is 0.728. The Bertz CT molecular complexity index is 733. The average Bonchev–Trinajstić information content (AvgIpc) is 3.11. The minimum absolute atomic E-state index is 0.0187. The van der Waals surface area contributed by atoms with Gasteiger partial charge >= 0.3 is 0 Å². The molecule has 7 nitrogen and oxygen atoms in total. The van der Waals surface area contributed by atoms with Gasteiger partial charge in [-0.2, -0.15) is 0 Å². The van der Waals surface area contributed by atoms with Crippen molar-refractivity contribution in [1.82, 2.24) is 14.9 Å². The molecule has 2 N–H and O–H groups in total. The number of hydrogen-bond donors (Lipinski definition) is 2. The van der Waals surface area contributed by atoms with E-state index < -0.39 is 10.0 Å². The SMILES string of the molecule is CCOc1ccc(S(=O)(=O)NCCC(=O)N2CCC3(CCNC3)CC2)cc1. The molecule has 1 aromatic rings. The van der Waals surface area contributed by atoms with Gasteiger partial charge in [-0.05, 0) is 62.4 Å². The summed E-state index contributed by atoms with van der Waals surface area (Å²) >= 11 is 0. The Balaban J connectivity index is 1.45. The number of carbonyl (C=O) groups excluding carboxylic acids is 1. The van der Waals surface area contributed by atoms with E-state index >= 15 is 0 Å². The van der Waals surface area contributed by atoms with Gasteiger partial charge in [-0.1, -0.05) is 0 Å². The molecule has 1 spiro atoms. The zero-order valence-electron chi connectivity index (χ0n) is 15.9. The molecule has 1 amide bonds. The topological polar surface area (TPSA) is 87.7 Å². The molecule has 0 unspecified atom stereocenters. The number of nitrogens with one attached hydrogen (secondary N) is 2. The summed E-state index contributed by atoms with van der Waals surface area (Å²) in [6, 6.07) is 6.28. The number of nitrogens with zero attached hydrogens (tertiary/aromatic N) is 1. The minimum atomic E-state index is -3.62. The van der Waals surface area contributed by atoms with Crippen molar-refractivity contribution in [2.24, 2.45) is 5.41 Å². The Hall–Kier alpha value is -1.64. The molecule has 8 heteroatoms. The van der Waals surface area contributed by atoms with Crippen LogP contribution in [0, 0.1) is 5.41 Å². The zero-order valence-corrected chi connectivity index (χ0v) is 16.7. The van der Waals surface area contributed by atoms with Crippen LogP contribution in [-0.2, 0) is 14.8 Å². The molecule has 0 radical (unpaired) electrons. The third-order valence-corrected chi connectivity index (χ3v) is 7.06. The Kier molecular flexibility index (Phi) is 6.39. The maximum absolute atomic E-state index is 12.4. The molecule has 0 aromatic heterocycles. The maximum atomic E-state index is 12.4. The van der Waals surface area contributed by atoms with Gasteiger partial charge in [0.15, 0.2) is 0 Å². The van der Waals surface area contributed by atoms with Gasteiger partial charge in [-0.25, -0.2) is 13.1 Å². The predicted molar refractivity (Wildman–Crippen MR) is 103 cm³/mol. The summed E-state index contributed by atoms with van der Waals surface area (Å²) in [5.41, 5.74) is 0.367. The lowest BCUT2D eigenvalue weighted by Gasteiger charge is -2.39. The second-order valence-electron chi connectivity index (χ2n) is 7.36. The monoisotopic (exact) mass is 395 g/mol. The molecule has 2 saturated heterocycles. The summed E-state index contributed by atoms with van der Waals surface area (Å²) in [5, 5.41) is 3.42. The highest BCUT2D eigenvalue weighted by Gasteiger charge is 2.37. The fourth-order valence-corrected chi connectivity index (χ4v) is 4.90. The first-order valence-electron chi connectivity index (χ1n) is 9.65. The van der Waals surface area contributed by atoms with Crippen molar-refractivity contribution in [2.45, 2.75) is 37.5 Å². The summed E-state index contributed by atoms with van der Waals surface area (Å²) in [5.74, 6) is 0.650. The lowest BCUT2D eigenvalue weighted by Crippen LogP contribution is -2.44. The third-order valence-electron chi connectivity index (χ3n) is 5.58. The Morgan fingerprint density at radius 2 is 1.93 bits per heavy atom. The van der Waals surface area contributed by atoms with E-state index in [9.17, 15) is 13.2 Å². The van der Waals surface area contributed by atoms with Crippen molar-refractivity contribution in [1.29, 1.82) is 0 Å². The Morgan fingerprint density at radius 3 is 2.52 bits per heavy atom. The minimum Gasteiger partial charge on any atom is -0.494 e. The van der Waals surface area contributed by atoms with E-state index in [1.165, 1.54) is 18.6 Å². The van der Waals surface area contributed by atoms with Crippen LogP contribution in [0.4, 0.5) is 0 Å².